The van der Waals surface area contributed by atoms with Crippen molar-refractivity contribution in [3.63, 3.8) is 0 Å². The topological polar surface area (TPSA) is 61.4 Å². The third-order valence-electron chi connectivity index (χ3n) is 3.81. The minimum atomic E-state index is -0.313. The van der Waals surface area contributed by atoms with Gasteiger partial charge in [0, 0.05) is 25.6 Å². The third kappa shape index (κ3) is 5.12. The van der Waals surface area contributed by atoms with Gasteiger partial charge in [0.2, 0.25) is 11.8 Å². The summed E-state index contributed by atoms with van der Waals surface area (Å²) < 4.78 is 0. The Balaban J connectivity index is 2.67. The Morgan fingerprint density at radius 1 is 1.30 bits per heavy atom. The molecular formula is C15H29N3O2. The second-order valence-corrected chi connectivity index (χ2v) is 6.12. The molecule has 2 atom stereocenters. The Morgan fingerprint density at radius 2 is 2.00 bits per heavy atom. The van der Waals surface area contributed by atoms with E-state index in [0.29, 0.717) is 25.4 Å². The van der Waals surface area contributed by atoms with Gasteiger partial charge in [-0.25, -0.2) is 0 Å². The SMILES string of the molecule is CNC(C)CNC(=O)C(CC(C)C)N1CCCCC1=O. The van der Waals surface area contributed by atoms with Gasteiger partial charge in [-0.15, -0.1) is 0 Å². The van der Waals surface area contributed by atoms with E-state index in [9.17, 15) is 9.59 Å². The van der Waals surface area contributed by atoms with Crippen LogP contribution in [0.2, 0.25) is 0 Å². The summed E-state index contributed by atoms with van der Waals surface area (Å²) in [5, 5.41) is 6.05. The number of nitrogens with zero attached hydrogens (tertiary/aromatic N) is 1. The van der Waals surface area contributed by atoms with Gasteiger partial charge >= 0.3 is 0 Å². The lowest BCUT2D eigenvalue weighted by Gasteiger charge is -2.34. The average molecular weight is 283 g/mol. The molecule has 1 saturated heterocycles. The first-order chi connectivity index (χ1) is 9.45. The van der Waals surface area contributed by atoms with Gasteiger partial charge in [0.15, 0.2) is 0 Å². The normalized spacial score (nSPS) is 19.1. The molecule has 0 aromatic carbocycles. The van der Waals surface area contributed by atoms with Crippen molar-refractivity contribution in [2.75, 3.05) is 20.1 Å². The van der Waals surface area contributed by atoms with Crippen LogP contribution in [0.1, 0.15) is 46.5 Å². The largest absolute Gasteiger partial charge is 0.353 e. The Morgan fingerprint density at radius 3 is 2.55 bits per heavy atom. The second kappa shape index (κ2) is 8.25. The summed E-state index contributed by atoms with van der Waals surface area (Å²) in [6.45, 7) is 7.50. The van der Waals surface area contributed by atoms with Crippen molar-refractivity contribution in [2.45, 2.75) is 58.5 Å². The molecule has 5 nitrogen and oxygen atoms in total. The first-order valence-electron chi connectivity index (χ1n) is 7.70. The zero-order chi connectivity index (χ0) is 15.1. The van der Waals surface area contributed by atoms with Crippen LogP contribution in [-0.2, 0) is 9.59 Å². The number of rotatable bonds is 7. The minimum absolute atomic E-state index is 0.0175. The molecule has 2 N–H and O–H groups in total. The molecule has 0 aliphatic carbocycles. The highest BCUT2D eigenvalue weighted by Gasteiger charge is 2.31. The molecule has 0 aromatic heterocycles. The predicted octanol–water partition coefficient (Wildman–Crippen LogP) is 1.14. The second-order valence-electron chi connectivity index (χ2n) is 6.12. The van der Waals surface area contributed by atoms with Crippen LogP contribution in [0.4, 0.5) is 0 Å². The van der Waals surface area contributed by atoms with E-state index in [-0.39, 0.29) is 23.9 Å². The molecule has 1 aliphatic rings. The van der Waals surface area contributed by atoms with E-state index in [2.05, 4.69) is 24.5 Å². The molecule has 0 radical (unpaired) electrons. The van der Waals surface area contributed by atoms with E-state index in [4.69, 9.17) is 0 Å². The minimum Gasteiger partial charge on any atom is -0.353 e. The molecule has 20 heavy (non-hydrogen) atoms. The summed E-state index contributed by atoms with van der Waals surface area (Å²) in [5.74, 6) is 0.497. The van der Waals surface area contributed by atoms with Crippen molar-refractivity contribution in [3.8, 4) is 0 Å². The first kappa shape index (κ1) is 17.0. The molecule has 2 unspecified atom stereocenters. The fraction of sp³-hybridized carbons (Fsp3) is 0.867. The molecule has 1 rings (SSSR count). The van der Waals surface area contributed by atoms with Crippen molar-refractivity contribution in [3.05, 3.63) is 0 Å². The third-order valence-corrected chi connectivity index (χ3v) is 3.81. The summed E-state index contributed by atoms with van der Waals surface area (Å²) in [4.78, 5) is 26.2. The van der Waals surface area contributed by atoms with E-state index in [1.54, 1.807) is 4.90 Å². The maximum absolute atomic E-state index is 12.4. The number of hydrogen-bond donors (Lipinski definition) is 2. The number of likely N-dealkylation sites (tertiary alicyclic amines) is 1. The molecule has 116 valence electrons. The van der Waals surface area contributed by atoms with Crippen LogP contribution < -0.4 is 10.6 Å². The number of carbonyl (C=O) groups is 2. The number of likely N-dealkylation sites (N-methyl/N-ethyl adjacent to an activating group) is 1. The highest BCUT2D eigenvalue weighted by molar-refractivity contribution is 5.88. The van der Waals surface area contributed by atoms with Crippen LogP contribution in [-0.4, -0.2) is 48.9 Å². The number of nitrogens with one attached hydrogen (secondary N) is 2. The quantitative estimate of drug-likeness (QED) is 0.736. The maximum atomic E-state index is 12.4. The highest BCUT2D eigenvalue weighted by Crippen LogP contribution is 2.19. The van der Waals surface area contributed by atoms with Gasteiger partial charge < -0.3 is 15.5 Å². The van der Waals surface area contributed by atoms with Gasteiger partial charge in [0.25, 0.3) is 0 Å². The Kier molecular flexibility index (Phi) is 6.99. The van der Waals surface area contributed by atoms with Crippen molar-refractivity contribution in [1.82, 2.24) is 15.5 Å². The van der Waals surface area contributed by atoms with E-state index < -0.39 is 0 Å². The molecular weight excluding hydrogens is 254 g/mol. The maximum Gasteiger partial charge on any atom is 0.242 e. The van der Waals surface area contributed by atoms with Crippen LogP contribution in [0.15, 0.2) is 0 Å². The summed E-state index contributed by atoms with van der Waals surface area (Å²) in [5.41, 5.74) is 0. The molecule has 1 heterocycles. The van der Waals surface area contributed by atoms with Gasteiger partial charge in [-0.3, -0.25) is 9.59 Å². The van der Waals surface area contributed by atoms with Gasteiger partial charge in [-0.1, -0.05) is 13.8 Å². The zero-order valence-electron chi connectivity index (χ0n) is 13.2. The number of carbonyl (C=O) groups excluding carboxylic acids is 2. The van der Waals surface area contributed by atoms with Crippen molar-refractivity contribution < 1.29 is 9.59 Å². The Labute approximate surface area is 122 Å². The smallest absolute Gasteiger partial charge is 0.242 e. The van der Waals surface area contributed by atoms with Crippen LogP contribution in [0.5, 0.6) is 0 Å². The number of piperidine rings is 1. The molecule has 0 aromatic rings. The van der Waals surface area contributed by atoms with Gasteiger partial charge in [0.1, 0.15) is 6.04 Å². The van der Waals surface area contributed by atoms with E-state index in [1.807, 2.05) is 14.0 Å². The first-order valence-corrected chi connectivity index (χ1v) is 7.70. The Hall–Kier alpha value is -1.10. The highest BCUT2D eigenvalue weighted by atomic mass is 16.2. The lowest BCUT2D eigenvalue weighted by Crippen LogP contribution is -2.53. The van der Waals surface area contributed by atoms with E-state index in [0.717, 1.165) is 19.3 Å². The van der Waals surface area contributed by atoms with Crippen molar-refractivity contribution in [1.29, 1.82) is 0 Å². The molecule has 0 bridgehead atoms. The van der Waals surface area contributed by atoms with Crippen LogP contribution in [0.3, 0.4) is 0 Å². The Bertz CT molecular complexity index is 331. The van der Waals surface area contributed by atoms with E-state index in [1.165, 1.54) is 0 Å². The lowest BCUT2D eigenvalue weighted by atomic mass is 9.98. The summed E-state index contributed by atoms with van der Waals surface area (Å²) >= 11 is 0. The molecule has 1 fully saturated rings. The van der Waals surface area contributed by atoms with Gasteiger partial charge in [0.05, 0.1) is 0 Å². The molecule has 0 saturated carbocycles. The summed E-state index contributed by atoms with van der Waals surface area (Å²) in [6.07, 6.45) is 3.25. The molecule has 1 aliphatic heterocycles. The number of amides is 2. The fourth-order valence-electron chi connectivity index (χ4n) is 2.45. The van der Waals surface area contributed by atoms with Crippen molar-refractivity contribution in [2.24, 2.45) is 5.92 Å². The molecule has 2 amide bonds. The van der Waals surface area contributed by atoms with Crippen molar-refractivity contribution >= 4 is 11.8 Å². The monoisotopic (exact) mass is 283 g/mol. The van der Waals surface area contributed by atoms with Crippen LogP contribution >= 0.6 is 0 Å². The summed E-state index contributed by atoms with van der Waals surface area (Å²) in [7, 11) is 1.87. The fourth-order valence-corrected chi connectivity index (χ4v) is 2.45. The predicted molar refractivity (Wildman–Crippen MR) is 80.3 cm³/mol. The van der Waals surface area contributed by atoms with Gasteiger partial charge in [-0.2, -0.15) is 0 Å². The standard InChI is InChI=1S/C15H29N3O2/c1-11(2)9-13(15(20)17-10-12(3)16-4)18-8-6-5-7-14(18)19/h11-13,16H,5-10H2,1-4H3,(H,17,20). The molecule has 0 spiro atoms. The number of hydrogen-bond acceptors (Lipinski definition) is 3. The zero-order valence-corrected chi connectivity index (χ0v) is 13.2. The lowest BCUT2D eigenvalue weighted by molar-refractivity contribution is -0.143. The van der Waals surface area contributed by atoms with Gasteiger partial charge in [-0.05, 0) is 39.2 Å². The summed E-state index contributed by atoms with van der Waals surface area (Å²) in [6, 6.07) is -0.0810. The van der Waals surface area contributed by atoms with E-state index >= 15 is 0 Å². The van der Waals surface area contributed by atoms with Crippen LogP contribution in [0.25, 0.3) is 0 Å². The average Bonchev–Trinajstić information content (AvgIpc) is 2.42. The molecule has 5 heteroatoms. The van der Waals surface area contributed by atoms with Crippen LogP contribution in [0, 0.1) is 5.92 Å².